The van der Waals surface area contributed by atoms with Gasteiger partial charge in [-0.3, -0.25) is 0 Å². The predicted molar refractivity (Wildman–Crippen MR) is 55.2 cm³/mol. The van der Waals surface area contributed by atoms with E-state index in [-0.39, 0.29) is 18.1 Å². The Labute approximate surface area is 84.5 Å². The van der Waals surface area contributed by atoms with Gasteiger partial charge >= 0.3 is 0 Å². The third-order valence-corrected chi connectivity index (χ3v) is 3.11. The van der Waals surface area contributed by atoms with Gasteiger partial charge in [0, 0.05) is 12.0 Å². The highest BCUT2D eigenvalue weighted by molar-refractivity contribution is 5.27. The fourth-order valence-electron chi connectivity index (χ4n) is 1.96. The molecule has 0 radical (unpaired) electrons. The molecule has 1 aliphatic heterocycles. The van der Waals surface area contributed by atoms with Crippen LogP contribution in [0.25, 0.3) is 0 Å². The minimum atomic E-state index is -0.0178. The first kappa shape index (κ1) is 9.69. The van der Waals surface area contributed by atoms with E-state index < -0.39 is 0 Å². The van der Waals surface area contributed by atoms with Crippen molar-refractivity contribution >= 4 is 0 Å². The molecule has 2 heteroatoms. The largest absolute Gasteiger partial charge is 0.396 e. The summed E-state index contributed by atoms with van der Waals surface area (Å²) in [4.78, 5) is 0. The number of aliphatic hydroxyl groups is 1. The van der Waals surface area contributed by atoms with Gasteiger partial charge in [0.2, 0.25) is 0 Å². The highest BCUT2D eigenvalue weighted by Gasteiger charge is 2.43. The van der Waals surface area contributed by atoms with Gasteiger partial charge in [-0.15, -0.1) is 0 Å². The zero-order valence-electron chi connectivity index (χ0n) is 8.44. The first-order valence-electron chi connectivity index (χ1n) is 5.05. The maximum Gasteiger partial charge on any atom is 0.0904 e. The fourth-order valence-corrected chi connectivity index (χ4v) is 1.96. The van der Waals surface area contributed by atoms with Crippen LogP contribution < -0.4 is 0 Å². The normalized spacial score (nSPS) is 24.3. The van der Waals surface area contributed by atoms with Gasteiger partial charge in [0.25, 0.3) is 0 Å². The Balaban J connectivity index is 2.26. The summed E-state index contributed by atoms with van der Waals surface area (Å²) in [7, 11) is 0. The highest BCUT2D eigenvalue weighted by atomic mass is 16.6. The summed E-state index contributed by atoms with van der Waals surface area (Å²) >= 11 is 0. The third-order valence-electron chi connectivity index (χ3n) is 3.11. The van der Waals surface area contributed by atoms with Crippen LogP contribution >= 0.6 is 0 Å². The smallest absolute Gasteiger partial charge is 0.0904 e. The zero-order chi connectivity index (χ0) is 10.0. The van der Waals surface area contributed by atoms with E-state index >= 15 is 0 Å². The van der Waals surface area contributed by atoms with E-state index in [4.69, 9.17) is 9.84 Å². The Hall–Kier alpha value is -0.860. The molecule has 1 fully saturated rings. The summed E-state index contributed by atoms with van der Waals surface area (Å²) in [5.41, 5.74) is 1.24. The summed E-state index contributed by atoms with van der Waals surface area (Å²) in [5, 5.41) is 9.08. The van der Waals surface area contributed by atoms with Crippen molar-refractivity contribution in [3.63, 3.8) is 0 Å². The maximum atomic E-state index is 9.08. The summed E-state index contributed by atoms with van der Waals surface area (Å²) in [6, 6.07) is 10.3. The molecule has 1 N–H and O–H groups in total. The number of ether oxygens (including phenoxy) is 1. The Bertz CT molecular complexity index is 292. The predicted octanol–water partition coefficient (Wildman–Crippen LogP) is 1.73. The van der Waals surface area contributed by atoms with Gasteiger partial charge in [-0.1, -0.05) is 37.3 Å². The summed E-state index contributed by atoms with van der Waals surface area (Å²) in [6.07, 6.45) is 1.05. The van der Waals surface area contributed by atoms with E-state index in [2.05, 4.69) is 19.1 Å². The van der Waals surface area contributed by atoms with E-state index in [0.717, 1.165) is 13.0 Å². The molecule has 0 aromatic heterocycles. The van der Waals surface area contributed by atoms with Crippen molar-refractivity contribution in [2.75, 3.05) is 13.2 Å². The Kier molecular flexibility index (Phi) is 2.57. The van der Waals surface area contributed by atoms with Crippen LogP contribution in [0.4, 0.5) is 0 Å². The molecular formula is C12H16O2. The molecule has 1 heterocycles. The lowest BCUT2D eigenvalue weighted by molar-refractivity contribution is 0.212. The van der Waals surface area contributed by atoms with Crippen molar-refractivity contribution in [3.8, 4) is 0 Å². The second-order valence-corrected chi connectivity index (χ2v) is 4.08. The minimum absolute atomic E-state index is 0.0178. The Morgan fingerprint density at radius 3 is 2.57 bits per heavy atom. The highest BCUT2D eigenvalue weighted by Crippen LogP contribution is 2.38. The number of epoxide rings is 1. The number of benzene rings is 1. The molecule has 2 nitrogen and oxygen atoms in total. The molecule has 0 aliphatic carbocycles. The van der Waals surface area contributed by atoms with Crippen molar-refractivity contribution in [1.29, 1.82) is 0 Å². The lowest BCUT2D eigenvalue weighted by Crippen LogP contribution is -2.30. The van der Waals surface area contributed by atoms with Crippen LogP contribution in [0.15, 0.2) is 30.3 Å². The number of hydrogen-bond acceptors (Lipinski definition) is 2. The van der Waals surface area contributed by atoms with Crippen LogP contribution in [-0.2, 0) is 10.2 Å². The maximum absolute atomic E-state index is 9.08. The molecule has 2 atom stereocenters. The number of aliphatic hydroxyl groups excluding tert-OH is 1. The van der Waals surface area contributed by atoms with Crippen molar-refractivity contribution in [1.82, 2.24) is 0 Å². The summed E-state index contributed by atoms with van der Waals surface area (Å²) in [5.74, 6) is 0. The minimum Gasteiger partial charge on any atom is -0.396 e. The second kappa shape index (κ2) is 3.71. The fraction of sp³-hybridized carbons (Fsp3) is 0.500. The molecule has 0 amide bonds. The standard InChI is InChI=1S/C12H16O2/c1-12(7-8-13,11-9-14-11)10-5-3-2-4-6-10/h2-6,11,13H,7-9H2,1H3. The molecule has 2 rings (SSSR count). The molecule has 2 unspecified atom stereocenters. The average molecular weight is 192 g/mol. The van der Waals surface area contributed by atoms with Crippen LogP contribution in [0.1, 0.15) is 18.9 Å². The van der Waals surface area contributed by atoms with Gasteiger partial charge in [-0.2, -0.15) is 0 Å². The van der Waals surface area contributed by atoms with Gasteiger partial charge in [0.05, 0.1) is 12.7 Å². The van der Waals surface area contributed by atoms with Gasteiger partial charge in [-0.25, -0.2) is 0 Å². The molecule has 0 bridgehead atoms. The molecule has 76 valence electrons. The molecule has 0 spiro atoms. The molecule has 14 heavy (non-hydrogen) atoms. The average Bonchev–Trinajstić information content (AvgIpc) is 3.03. The van der Waals surface area contributed by atoms with Crippen LogP contribution in [0.3, 0.4) is 0 Å². The molecular weight excluding hydrogens is 176 g/mol. The van der Waals surface area contributed by atoms with Crippen LogP contribution in [-0.4, -0.2) is 24.4 Å². The lowest BCUT2D eigenvalue weighted by Gasteiger charge is -2.27. The first-order chi connectivity index (χ1) is 6.77. The number of hydrogen-bond donors (Lipinski definition) is 1. The first-order valence-corrected chi connectivity index (χ1v) is 5.05. The van der Waals surface area contributed by atoms with Crippen molar-refractivity contribution in [2.45, 2.75) is 24.9 Å². The van der Waals surface area contributed by atoms with E-state index in [9.17, 15) is 0 Å². The Morgan fingerprint density at radius 1 is 1.43 bits per heavy atom. The van der Waals surface area contributed by atoms with Crippen molar-refractivity contribution in [2.24, 2.45) is 0 Å². The van der Waals surface area contributed by atoms with E-state index in [0.29, 0.717) is 0 Å². The van der Waals surface area contributed by atoms with Gasteiger partial charge < -0.3 is 9.84 Å². The van der Waals surface area contributed by atoms with E-state index in [1.165, 1.54) is 5.56 Å². The number of rotatable bonds is 4. The SMILES string of the molecule is CC(CCO)(c1ccccc1)C1CO1. The van der Waals surface area contributed by atoms with E-state index in [1.807, 2.05) is 18.2 Å². The van der Waals surface area contributed by atoms with Crippen LogP contribution in [0.5, 0.6) is 0 Å². The summed E-state index contributed by atoms with van der Waals surface area (Å²) in [6.45, 7) is 3.20. The monoisotopic (exact) mass is 192 g/mol. The zero-order valence-corrected chi connectivity index (χ0v) is 8.44. The van der Waals surface area contributed by atoms with Gasteiger partial charge in [0.1, 0.15) is 0 Å². The van der Waals surface area contributed by atoms with E-state index in [1.54, 1.807) is 0 Å². The van der Waals surface area contributed by atoms with Crippen molar-refractivity contribution < 1.29 is 9.84 Å². The second-order valence-electron chi connectivity index (χ2n) is 4.08. The lowest BCUT2D eigenvalue weighted by atomic mass is 9.77. The molecule has 1 saturated heterocycles. The molecule has 0 saturated carbocycles. The van der Waals surface area contributed by atoms with Crippen LogP contribution in [0.2, 0.25) is 0 Å². The van der Waals surface area contributed by atoms with Gasteiger partial charge in [-0.05, 0) is 12.0 Å². The molecule has 1 aromatic rings. The third kappa shape index (κ3) is 1.68. The van der Waals surface area contributed by atoms with Gasteiger partial charge in [0.15, 0.2) is 0 Å². The Morgan fingerprint density at radius 2 is 2.07 bits per heavy atom. The molecule has 1 aromatic carbocycles. The quantitative estimate of drug-likeness (QED) is 0.737. The summed E-state index contributed by atoms with van der Waals surface area (Å²) < 4.78 is 5.37. The molecule has 1 aliphatic rings. The topological polar surface area (TPSA) is 32.8 Å². The van der Waals surface area contributed by atoms with Crippen molar-refractivity contribution in [3.05, 3.63) is 35.9 Å². The van der Waals surface area contributed by atoms with Crippen LogP contribution in [0, 0.1) is 0 Å².